The highest BCUT2D eigenvalue weighted by molar-refractivity contribution is 5.93. The number of carbonyl (C=O) groups is 2. The van der Waals surface area contributed by atoms with Crippen LogP contribution in [0.5, 0.6) is 0 Å². The van der Waals surface area contributed by atoms with Gasteiger partial charge >= 0.3 is 11.7 Å². The Morgan fingerprint density at radius 3 is 2.65 bits per heavy atom. The topological polar surface area (TPSA) is 120 Å². The number of nitrogens with one attached hydrogen (secondary N) is 1. The average molecular weight is 426 g/mol. The summed E-state index contributed by atoms with van der Waals surface area (Å²) in [4.78, 5) is 43.2. The van der Waals surface area contributed by atoms with E-state index in [1.54, 1.807) is 31.2 Å². The smallest absolute Gasteiger partial charge is 0.350 e. The lowest BCUT2D eigenvalue weighted by molar-refractivity contribution is -0.117. The van der Waals surface area contributed by atoms with Crippen LogP contribution in [0.2, 0.25) is 0 Å². The lowest BCUT2D eigenvalue weighted by atomic mass is 10.2. The molecule has 4 rings (SSSR count). The van der Waals surface area contributed by atoms with Crippen LogP contribution < -0.4 is 15.9 Å². The van der Waals surface area contributed by atoms with E-state index in [2.05, 4.69) is 15.4 Å². The number of esters is 1. The summed E-state index contributed by atoms with van der Waals surface area (Å²) in [5.41, 5.74) is 0.839. The van der Waals surface area contributed by atoms with Gasteiger partial charge in [0.15, 0.2) is 5.82 Å². The van der Waals surface area contributed by atoms with Crippen molar-refractivity contribution in [3.63, 3.8) is 0 Å². The van der Waals surface area contributed by atoms with Gasteiger partial charge in [-0.3, -0.25) is 4.79 Å². The van der Waals surface area contributed by atoms with Gasteiger partial charge in [0.1, 0.15) is 6.54 Å². The SMILES string of the molecule is CCOC(=O)c1ccc(NC(=O)Cn2nc3c(N4CCOCC4)nccn3c2=O)cc1. The Morgan fingerprint density at radius 1 is 1.19 bits per heavy atom. The third kappa shape index (κ3) is 4.40. The quantitative estimate of drug-likeness (QED) is 0.567. The molecule has 0 atom stereocenters. The van der Waals surface area contributed by atoms with Crippen LogP contribution in [0.15, 0.2) is 41.5 Å². The van der Waals surface area contributed by atoms with Crippen molar-refractivity contribution in [2.24, 2.45) is 0 Å². The Kier molecular flexibility index (Phi) is 5.94. The van der Waals surface area contributed by atoms with E-state index in [9.17, 15) is 14.4 Å². The van der Waals surface area contributed by atoms with Crippen LogP contribution in [0.4, 0.5) is 11.5 Å². The first-order valence-corrected chi connectivity index (χ1v) is 9.90. The van der Waals surface area contributed by atoms with Gasteiger partial charge in [0.05, 0.1) is 25.4 Å². The molecule has 3 heterocycles. The van der Waals surface area contributed by atoms with Crippen LogP contribution >= 0.6 is 0 Å². The van der Waals surface area contributed by atoms with Crippen molar-refractivity contribution in [1.29, 1.82) is 0 Å². The van der Waals surface area contributed by atoms with Gasteiger partial charge < -0.3 is 19.7 Å². The number of carbonyl (C=O) groups excluding carboxylic acids is 2. The zero-order valence-corrected chi connectivity index (χ0v) is 17.0. The van der Waals surface area contributed by atoms with E-state index in [-0.39, 0.29) is 13.2 Å². The van der Waals surface area contributed by atoms with Crippen molar-refractivity contribution < 1.29 is 19.1 Å². The molecule has 0 saturated carbocycles. The van der Waals surface area contributed by atoms with Crippen LogP contribution in [0.1, 0.15) is 17.3 Å². The van der Waals surface area contributed by atoms with Crippen molar-refractivity contribution in [3.05, 3.63) is 52.7 Å². The fourth-order valence-corrected chi connectivity index (χ4v) is 3.28. The standard InChI is InChI=1S/C20H22N6O5/c1-2-31-19(28)14-3-5-15(6-4-14)22-16(27)13-26-20(29)25-8-7-21-17(18(25)23-26)24-9-11-30-12-10-24/h3-8H,2,9-13H2,1H3,(H,22,27). The van der Waals surface area contributed by atoms with Crippen molar-refractivity contribution in [2.45, 2.75) is 13.5 Å². The van der Waals surface area contributed by atoms with Crippen molar-refractivity contribution in [1.82, 2.24) is 19.2 Å². The maximum absolute atomic E-state index is 12.7. The number of amides is 1. The highest BCUT2D eigenvalue weighted by atomic mass is 16.5. The van der Waals surface area contributed by atoms with Gasteiger partial charge in [0.2, 0.25) is 11.6 Å². The summed E-state index contributed by atoms with van der Waals surface area (Å²) in [5.74, 6) is -0.270. The molecule has 0 aliphatic carbocycles. The molecule has 1 aliphatic rings. The number of hydrogen-bond acceptors (Lipinski definition) is 8. The number of morpholine rings is 1. The van der Waals surface area contributed by atoms with Gasteiger partial charge in [-0.2, -0.15) is 0 Å². The van der Waals surface area contributed by atoms with Crippen molar-refractivity contribution in [3.8, 4) is 0 Å². The first-order valence-electron chi connectivity index (χ1n) is 9.90. The molecule has 0 unspecified atom stereocenters. The molecule has 0 radical (unpaired) electrons. The maximum atomic E-state index is 12.7. The molecule has 1 N–H and O–H groups in total. The number of hydrogen-bond donors (Lipinski definition) is 1. The van der Waals surface area contributed by atoms with Gasteiger partial charge in [-0.05, 0) is 31.2 Å². The molecule has 2 aromatic heterocycles. The van der Waals surface area contributed by atoms with Gasteiger partial charge in [-0.25, -0.2) is 23.7 Å². The van der Waals surface area contributed by atoms with Crippen molar-refractivity contribution in [2.75, 3.05) is 43.1 Å². The molecule has 162 valence electrons. The molecule has 1 fully saturated rings. The third-order valence-corrected chi connectivity index (χ3v) is 4.77. The van der Waals surface area contributed by atoms with Gasteiger partial charge in [-0.1, -0.05) is 0 Å². The number of aromatic nitrogens is 4. The van der Waals surface area contributed by atoms with Crippen LogP contribution in [-0.2, 0) is 20.8 Å². The monoisotopic (exact) mass is 426 g/mol. The minimum Gasteiger partial charge on any atom is -0.462 e. The van der Waals surface area contributed by atoms with Gasteiger partial charge in [0.25, 0.3) is 0 Å². The molecule has 0 spiro atoms. The molecular formula is C20H22N6O5. The number of ether oxygens (including phenoxy) is 2. The first kappa shape index (κ1) is 20.5. The number of nitrogens with zero attached hydrogens (tertiary/aromatic N) is 5. The number of anilines is 2. The number of benzene rings is 1. The highest BCUT2D eigenvalue weighted by Gasteiger charge is 2.20. The first-order chi connectivity index (χ1) is 15.1. The second kappa shape index (κ2) is 8.96. The predicted molar refractivity (Wildman–Crippen MR) is 111 cm³/mol. The normalized spacial score (nSPS) is 13.9. The summed E-state index contributed by atoms with van der Waals surface area (Å²) in [6.07, 6.45) is 3.06. The lowest BCUT2D eigenvalue weighted by Crippen LogP contribution is -2.37. The van der Waals surface area contributed by atoms with E-state index in [0.29, 0.717) is 49.0 Å². The second-order valence-electron chi connectivity index (χ2n) is 6.83. The fourth-order valence-electron chi connectivity index (χ4n) is 3.28. The summed E-state index contributed by atoms with van der Waals surface area (Å²) in [6.45, 7) is 4.20. The van der Waals surface area contributed by atoms with Crippen LogP contribution in [0.3, 0.4) is 0 Å². The van der Waals surface area contributed by atoms with Crippen LogP contribution in [-0.4, -0.2) is 64.0 Å². The minimum atomic E-state index is -0.431. The Labute approximate surface area is 177 Å². The fraction of sp³-hybridized carbons (Fsp3) is 0.350. The Bertz CT molecular complexity index is 1150. The summed E-state index contributed by atoms with van der Waals surface area (Å²) in [7, 11) is 0. The molecule has 0 bridgehead atoms. The van der Waals surface area contributed by atoms with Crippen molar-refractivity contribution >= 4 is 29.0 Å². The maximum Gasteiger partial charge on any atom is 0.350 e. The number of rotatable bonds is 6. The van der Waals surface area contributed by atoms with Crippen LogP contribution in [0, 0.1) is 0 Å². The zero-order chi connectivity index (χ0) is 21.8. The summed E-state index contributed by atoms with van der Waals surface area (Å²) in [5, 5.41) is 7.02. The number of fused-ring (bicyclic) bond motifs is 1. The summed E-state index contributed by atoms with van der Waals surface area (Å²) >= 11 is 0. The Morgan fingerprint density at radius 2 is 1.94 bits per heavy atom. The van der Waals surface area contributed by atoms with E-state index in [4.69, 9.17) is 9.47 Å². The molecule has 1 saturated heterocycles. The van der Waals surface area contributed by atoms with E-state index < -0.39 is 17.6 Å². The zero-order valence-electron chi connectivity index (χ0n) is 17.0. The second-order valence-corrected chi connectivity index (χ2v) is 6.83. The molecule has 3 aromatic rings. The summed E-state index contributed by atoms with van der Waals surface area (Å²) in [6, 6.07) is 6.31. The minimum absolute atomic E-state index is 0.261. The Hall–Kier alpha value is -3.73. The highest BCUT2D eigenvalue weighted by Crippen LogP contribution is 2.17. The molecule has 1 aromatic carbocycles. The Balaban J connectivity index is 1.49. The largest absolute Gasteiger partial charge is 0.462 e. The molecule has 1 amide bonds. The molecule has 11 nitrogen and oxygen atoms in total. The van der Waals surface area contributed by atoms with E-state index in [0.717, 1.165) is 4.68 Å². The van der Waals surface area contributed by atoms with Gasteiger partial charge in [0, 0.05) is 31.2 Å². The third-order valence-electron chi connectivity index (χ3n) is 4.77. The summed E-state index contributed by atoms with van der Waals surface area (Å²) < 4.78 is 12.8. The average Bonchev–Trinajstić information content (AvgIpc) is 3.10. The molecule has 11 heteroatoms. The van der Waals surface area contributed by atoms with Gasteiger partial charge in [-0.15, -0.1) is 5.10 Å². The lowest BCUT2D eigenvalue weighted by Gasteiger charge is -2.27. The van der Waals surface area contributed by atoms with E-state index in [1.807, 2.05) is 4.90 Å². The predicted octanol–water partition coefficient (Wildman–Crippen LogP) is 0.543. The van der Waals surface area contributed by atoms with E-state index in [1.165, 1.54) is 16.8 Å². The molecular weight excluding hydrogens is 404 g/mol. The molecule has 31 heavy (non-hydrogen) atoms. The molecule has 1 aliphatic heterocycles. The van der Waals surface area contributed by atoms with E-state index >= 15 is 0 Å². The van der Waals surface area contributed by atoms with Crippen LogP contribution in [0.25, 0.3) is 5.65 Å².